The van der Waals surface area contributed by atoms with E-state index in [1.807, 2.05) is 13.0 Å². The normalized spacial score (nSPS) is 11.1. The maximum absolute atomic E-state index is 5.46. The van der Waals surface area contributed by atoms with E-state index in [9.17, 15) is 0 Å². The van der Waals surface area contributed by atoms with Gasteiger partial charge in [0.2, 0.25) is 0 Å². The molecule has 0 saturated heterocycles. The fourth-order valence-electron chi connectivity index (χ4n) is 1.89. The van der Waals surface area contributed by atoms with E-state index in [-0.39, 0.29) is 0 Å². The lowest BCUT2D eigenvalue weighted by molar-refractivity contribution is 0.561. The quantitative estimate of drug-likeness (QED) is 0.785. The average molecular weight is 218 g/mol. The number of aromatic nitrogens is 1. The molecule has 0 aliphatic carbocycles. The molecular weight excluding hydrogens is 200 g/mol. The van der Waals surface area contributed by atoms with E-state index < -0.39 is 0 Å². The molecule has 86 valence electrons. The molecule has 2 aromatic rings. The number of aryl methyl sites for hydroxylation is 2. The van der Waals surface area contributed by atoms with Crippen LogP contribution >= 0.6 is 0 Å². The molecule has 0 amide bonds. The van der Waals surface area contributed by atoms with Crippen LogP contribution in [0, 0.1) is 6.92 Å². The van der Waals surface area contributed by atoms with E-state index in [0.29, 0.717) is 0 Å². The lowest BCUT2D eigenvalue weighted by Crippen LogP contribution is -1.98. The van der Waals surface area contributed by atoms with Gasteiger partial charge < -0.3 is 10.2 Å². The first-order chi connectivity index (χ1) is 7.79. The van der Waals surface area contributed by atoms with Gasteiger partial charge in [-0.25, -0.2) is 4.98 Å². The molecule has 0 aliphatic heterocycles. The third-order valence-corrected chi connectivity index (χ3v) is 2.73. The molecule has 0 aliphatic rings. The van der Waals surface area contributed by atoms with E-state index in [0.717, 1.165) is 36.4 Å². The first-order valence-corrected chi connectivity index (χ1v) is 5.86. The van der Waals surface area contributed by atoms with Gasteiger partial charge in [-0.1, -0.05) is 12.5 Å². The molecule has 0 atom stereocenters. The summed E-state index contributed by atoms with van der Waals surface area (Å²) < 4.78 is 5.44. The first kappa shape index (κ1) is 11.1. The Morgan fingerprint density at radius 3 is 2.94 bits per heavy atom. The van der Waals surface area contributed by atoms with Gasteiger partial charge in [-0.15, -0.1) is 0 Å². The molecule has 0 bridgehead atoms. The summed E-state index contributed by atoms with van der Waals surface area (Å²) in [5.41, 5.74) is 8.64. The van der Waals surface area contributed by atoms with E-state index in [1.165, 1.54) is 18.4 Å². The van der Waals surface area contributed by atoms with Crippen molar-refractivity contribution in [3.63, 3.8) is 0 Å². The molecule has 0 spiro atoms. The summed E-state index contributed by atoms with van der Waals surface area (Å²) in [6, 6.07) is 6.25. The Morgan fingerprint density at radius 2 is 2.12 bits per heavy atom. The highest BCUT2D eigenvalue weighted by molar-refractivity contribution is 5.73. The summed E-state index contributed by atoms with van der Waals surface area (Å²) in [6.07, 6.45) is 4.61. The van der Waals surface area contributed by atoms with Gasteiger partial charge in [0.25, 0.3) is 0 Å². The molecule has 3 heteroatoms. The van der Waals surface area contributed by atoms with Gasteiger partial charge in [-0.3, -0.25) is 0 Å². The molecule has 2 rings (SSSR count). The maximum atomic E-state index is 5.46. The van der Waals surface area contributed by atoms with Crippen LogP contribution in [0.3, 0.4) is 0 Å². The van der Waals surface area contributed by atoms with Gasteiger partial charge in [0.15, 0.2) is 11.5 Å². The largest absolute Gasteiger partial charge is 0.441 e. The summed E-state index contributed by atoms with van der Waals surface area (Å²) in [5, 5.41) is 0. The van der Waals surface area contributed by atoms with Crippen molar-refractivity contribution in [2.45, 2.75) is 32.6 Å². The second-order valence-corrected chi connectivity index (χ2v) is 4.13. The topological polar surface area (TPSA) is 52.0 Å². The lowest BCUT2D eigenvalue weighted by Gasteiger charge is -2.00. The number of hydrogen-bond acceptors (Lipinski definition) is 3. The molecule has 16 heavy (non-hydrogen) atoms. The fourth-order valence-corrected chi connectivity index (χ4v) is 1.89. The molecule has 2 N–H and O–H groups in total. The van der Waals surface area contributed by atoms with Gasteiger partial charge in [0.1, 0.15) is 5.52 Å². The van der Waals surface area contributed by atoms with Crippen molar-refractivity contribution >= 4 is 11.1 Å². The number of nitrogens with zero attached hydrogens (tertiary/aromatic N) is 1. The molecular formula is C13H18N2O. The van der Waals surface area contributed by atoms with Crippen LogP contribution < -0.4 is 5.73 Å². The fraction of sp³-hybridized carbons (Fsp3) is 0.462. The number of unbranched alkanes of at least 4 members (excludes halogenated alkanes) is 2. The summed E-state index contributed by atoms with van der Waals surface area (Å²) >= 11 is 0. The minimum atomic E-state index is 0.732. The van der Waals surface area contributed by atoms with E-state index in [1.54, 1.807) is 0 Å². The maximum Gasteiger partial charge on any atom is 0.192 e. The Labute approximate surface area is 95.7 Å². The number of fused-ring (bicyclic) bond motifs is 1. The number of benzene rings is 1. The Bertz CT molecular complexity index is 462. The van der Waals surface area contributed by atoms with Crippen LogP contribution in [-0.4, -0.2) is 11.5 Å². The molecule has 1 heterocycles. The zero-order valence-electron chi connectivity index (χ0n) is 9.70. The van der Waals surface area contributed by atoms with Gasteiger partial charge >= 0.3 is 0 Å². The zero-order chi connectivity index (χ0) is 11.4. The SMILES string of the molecule is Cc1nc2cc(CCCCCN)ccc2o1. The van der Waals surface area contributed by atoms with Crippen molar-refractivity contribution in [2.24, 2.45) is 5.73 Å². The van der Waals surface area contributed by atoms with Crippen LogP contribution in [0.2, 0.25) is 0 Å². The molecule has 0 unspecified atom stereocenters. The van der Waals surface area contributed by atoms with Crippen LogP contribution in [0.4, 0.5) is 0 Å². The molecule has 0 saturated carbocycles. The number of nitrogens with two attached hydrogens (primary N) is 1. The number of rotatable bonds is 5. The van der Waals surface area contributed by atoms with E-state index >= 15 is 0 Å². The zero-order valence-corrected chi connectivity index (χ0v) is 9.70. The minimum Gasteiger partial charge on any atom is -0.441 e. The van der Waals surface area contributed by atoms with E-state index in [2.05, 4.69) is 17.1 Å². The highest BCUT2D eigenvalue weighted by atomic mass is 16.3. The second-order valence-electron chi connectivity index (χ2n) is 4.13. The monoisotopic (exact) mass is 218 g/mol. The molecule has 0 radical (unpaired) electrons. The predicted molar refractivity (Wildman–Crippen MR) is 65.4 cm³/mol. The van der Waals surface area contributed by atoms with Gasteiger partial charge in [-0.2, -0.15) is 0 Å². The van der Waals surface area contributed by atoms with Gasteiger partial charge in [-0.05, 0) is 43.5 Å². The molecule has 1 aromatic carbocycles. The standard InChI is InChI=1S/C13H18N2O/c1-10-15-12-9-11(5-3-2-4-8-14)6-7-13(12)16-10/h6-7,9H,2-5,8,14H2,1H3. The molecule has 1 aromatic heterocycles. The van der Waals surface area contributed by atoms with Crippen LogP contribution in [0.15, 0.2) is 22.6 Å². The Morgan fingerprint density at radius 1 is 1.25 bits per heavy atom. The van der Waals surface area contributed by atoms with Gasteiger partial charge in [0.05, 0.1) is 0 Å². The third kappa shape index (κ3) is 2.61. The molecule has 0 fully saturated rings. The summed E-state index contributed by atoms with van der Waals surface area (Å²) in [5.74, 6) is 0.732. The second kappa shape index (κ2) is 5.12. The van der Waals surface area contributed by atoms with Crippen LogP contribution in [0.5, 0.6) is 0 Å². The number of oxazole rings is 1. The summed E-state index contributed by atoms with van der Waals surface area (Å²) in [6.45, 7) is 2.67. The first-order valence-electron chi connectivity index (χ1n) is 5.86. The predicted octanol–water partition coefficient (Wildman–Crippen LogP) is 2.81. The van der Waals surface area contributed by atoms with Crippen molar-refractivity contribution in [3.05, 3.63) is 29.7 Å². The van der Waals surface area contributed by atoms with Crippen LogP contribution in [-0.2, 0) is 6.42 Å². The van der Waals surface area contributed by atoms with Crippen molar-refractivity contribution < 1.29 is 4.42 Å². The number of hydrogen-bond donors (Lipinski definition) is 1. The molecule has 3 nitrogen and oxygen atoms in total. The minimum absolute atomic E-state index is 0.732. The van der Waals surface area contributed by atoms with Crippen molar-refractivity contribution in [1.82, 2.24) is 4.98 Å². The van der Waals surface area contributed by atoms with Crippen molar-refractivity contribution in [2.75, 3.05) is 6.54 Å². The van der Waals surface area contributed by atoms with Crippen LogP contribution in [0.1, 0.15) is 30.7 Å². The van der Waals surface area contributed by atoms with Crippen molar-refractivity contribution in [1.29, 1.82) is 0 Å². The highest BCUT2D eigenvalue weighted by Gasteiger charge is 2.02. The Balaban J connectivity index is 2.02. The highest BCUT2D eigenvalue weighted by Crippen LogP contribution is 2.18. The lowest BCUT2D eigenvalue weighted by atomic mass is 10.1. The summed E-state index contributed by atoms with van der Waals surface area (Å²) in [4.78, 5) is 4.33. The summed E-state index contributed by atoms with van der Waals surface area (Å²) in [7, 11) is 0. The van der Waals surface area contributed by atoms with Crippen molar-refractivity contribution in [3.8, 4) is 0 Å². The van der Waals surface area contributed by atoms with Crippen LogP contribution in [0.25, 0.3) is 11.1 Å². The van der Waals surface area contributed by atoms with E-state index in [4.69, 9.17) is 10.2 Å². The smallest absolute Gasteiger partial charge is 0.192 e. The average Bonchev–Trinajstić information content (AvgIpc) is 2.64. The Hall–Kier alpha value is -1.35. The Kier molecular flexibility index (Phi) is 3.57. The third-order valence-electron chi connectivity index (χ3n) is 2.73. The van der Waals surface area contributed by atoms with Gasteiger partial charge in [0, 0.05) is 6.92 Å².